The van der Waals surface area contributed by atoms with Gasteiger partial charge in [-0.25, -0.2) is 9.79 Å². The van der Waals surface area contributed by atoms with Crippen LogP contribution in [-0.4, -0.2) is 31.4 Å². The van der Waals surface area contributed by atoms with Gasteiger partial charge in [-0.05, 0) is 68.3 Å². The predicted molar refractivity (Wildman–Crippen MR) is 154 cm³/mol. The Kier molecular flexibility index (Phi) is 7.69. The van der Waals surface area contributed by atoms with Crippen LogP contribution >= 0.6 is 22.9 Å². The quantitative estimate of drug-likeness (QED) is 0.285. The maximum atomic E-state index is 13.9. The predicted octanol–water partition coefficient (Wildman–Crippen LogP) is 5.04. The fraction of sp³-hybridized carbons (Fsp3) is 0.233. The second-order valence-corrected chi connectivity index (χ2v) is 10.5. The Morgan fingerprint density at radius 1 is 1.10 bits per heavy atom. The lowest BCUT2D eigenvalue weighted by Gasteiger charge is -2.25. The van der Waals surface area contributed by atoms with Crippen LogP contribution < -0.4 is 24.4 Å². The monoisotopic (exact) mass is 578 g/mol. The van der Waals surface area contributed by atoms with Crippen LogP contribution in [0.3, 0.4) is 0 Å². The van der Waals surface area contributed by atoms with Crippen LogP contribution in [0, 0.1) is 6.92 Å². The van der Waals surface area contributed by atoms with E-state index in [2.05, 4.69) is 4.99 Å². The van der Waals surface area contributed by atoms with Crippen molar-refractivity contribution in [3.63, 3.8) is 0 Å². The van der Waals surface area contributed by atoms with Crippen LogP contribution in [0.2, 0.25) is 5.02 Å². The number of fused-ring (bicyclic) bond motifs is 1. The van der Waals surface area contributed by atoms with E-state index in [0.717, 1.165) is 11.1 Å². The van der Waals surface area contributed by atoms with Gasteiger partial charge in [-0.15, -0.1) is 0 Å². The molecule has 206 valence electrons. The van der Waals surface area contributed by atoms with Gasteiger partial charge in [0, 0.05) is 16.7 Å². The van der Waals surface area contributed by atoms with Crippen LogP contribution in [0.1, 0.15) is 36.8 Å². The van der Waals surface area contributed by atoms with Crippen molar-refractivity contribution in [3.05, 3.63) is 101 Å². The van der Waals surface area contributed by atoms with E-state index in [9.17, 15) is 9.59 Å². The molecule has 0 amide bonds. The number of halogens is 1. The van der Waals surface area contributed by atoms with Crippen LogP contribution in [0.15, 0.2) is 74.0 Å². The van der Waals surface area contributed by atoms with E-state index < -0.39 is 12.0 Å². The molecule has 0 fully saturated rings. The van der Waals surface area contributed by atoms with Crippen molar-refractivity contribution in [2.75, 3.05) is 20.8 Å². The van der Waals surface area contributed by atoms with Gasteiger partial charge < -0.3 is 18.6 Å². The number of thiazole rings is 1. The highest BCUT2D eigenvalue weighted by atomic mass is 35.5. The van der Waals surface area contributed by atoms with Gasteiger partial charge in [0.15, 0.2) is 16.3 Å². The first-order chi connectivity index (χ1) is 19.2. The molecule has 10 heteroatoms. The summed E-state index contributed by atoms with van der Waals surface area (Å²) in [4.78, 5) is 32.1. The summed E-state index contributed by atoms with van der Waals surface area (Å²) in [5.74, 6) is 1.61. The third kappa shape index (κ3) is 4.98. The summed E-state index contributed by atoms with van der Waals surface area (Å²) < 4.78 is 24.3. The normalized spacial score (nSPS) is 15.1. The van der Waals surface area contributed by atoms with E-state index >= 15 is 0 Å². The van der Waals surface area contributed by atoms with E-state index in [1.54, 1.807) is 51.3 Å². The minimum Gasteiger partial charge on any atom is -0.493 e. The number of carbonyl (C=O) groups excluding carboxylic acids is 1. The molecule has 1 aliphatic heterocycles. The van der Waals surface area contributed by atoms with Gasteiger partial charge in [0.1, 0.15) is 11.5 Å². The number of esters is 1. The number of hydrogen-bond acceptors (Lipinski definition) is 8. The summed E-state index contributed by atoms with van der Waals surface area (Å²) in [7, 11) is 3.07. The zero-order valence-electron chi connectivity index (χ0n) is 22.6. The van der Waals surface area contributed by atoms with Crippen LogP contribution in [0.5, 0.6) is 11.5 Å². The van der Waals surface area contributed by atoms with E-state index in [1.165, 1.54) is 23.0 Å². The van der Waals surface area contributed by atoms with Crippen molar-refractivity contribution in [1.29, 1.82) is 0 Å². The van der Waals surface area contributed by atoms with Gasteiger partial charge in [-0.1, -0.05) is 35.1 Å². The smallest absolute Gasteiger partial charge is 0.338 e. The third-order valence-electron chi connectivity index (χ3n) is 6.61. The first-order valence-electron chi connectivity index (χ1n) is 12.5. The van der Waals surface area contributed by atoms with Crippen molar-refractivity contribution >= 4 is 35.0 Å². The number of carbonyl (C=O) groups is 1. The topological polar surface area (TPSA) is 92.3 Å². The number of nitrogens with zero attached hydrogens (tertiary/aromatic N) is 2. The number of rotatable bonds is 7. The van der Waals surface area contributed by atoms with Crippen LogP contribution in [0.25, 0.3) is 17.4 Å². The van der Waals surface area contributed by atoms with Gasteiger partial charge in [-0.3, -0.25) is 9.36 Å². The second-order valence-electron chi connectivity index (χ2n) is 9.08. The summed E-state index contributed by atoms with van der Waals surface area (Å²) in [6, 6.07) is 13.8. The molecule has 5 rings (SSSR count). The molecule has 0 unspecified atom stereocenters. The van der Waals surface area contributed by atoms with Crippen LogP contribution in [-0.2, 0) is 9.53 Å². The van der Waals surface area contributed by atoms with Crippen molar-refractivity contribution < 1.29 is 23.4 Å². The molecule has 2 aromatic carbocycles. The van der Waals surface area contributed by atoms with Crippen molar-refractivity contribution in [3.8, 4) is 22.8 Å². The SMILES string of the molecule is CCOC(=O)C1=C(C)N=c2s/c(=C\c3ccc(-c4cc(Cl)ccc4C)o3)c(=O)n2[C@H]1c1ccc(OC)c(OC)c1. The first kappa shape index (κ1) is 27.5. The average Bonchev–Trinajstić information content (AvgIpc) is 3.53. The van der Waals surface area contributed by atoms with Crippen molar-refractivity contribution in [2.45, 2.75) is 26.8 Å². The van der Waals surface area contributed by atoms with Gasteiger partial charge >= 0.3 is 5.97 Å². The lowest BCUT2D eigenvalue weighted by Crippen LogP contribution is -2.39. The number of furan rings is 1. The molecule has 0 bridgehead atoms. The molecule has 1 atom stereocenters. The van der Waals surface area contributed by atoms with Crippen molar-refractivity contribution in [2.24, 2.45) is 4.99 Å². The molecule has 0 saturated carbocycles. The third-order valence-corrected chi connectivity index (χ3v) is 7.82. The molecule has 0 radical (unpaired) electrons. The van der Waals surface area contributed by atoms with E-state index in [1.807, 2.05) is 31.2 Å². The molecule has 0 N–H and O–H groups in total. The van der Waals surface area contributed by atoms with E-state index in [4.69, 9.17) is 30.2 Å². The van der Waals surface area contributed by atoms with Crippen molar-refractivity contribution in [1.82, 2.24) is 4.57 Å². The minimum absolute atomic E-state index is 0.186. The van der Waals surface area contributed by atoms with Gasteiger partial charge in [0.25, 0.3) is 5.56 Å². The molecule has 0 saturated heterocycles. The maximum absolute atomic E-state index is 13.9. The molecular formula is C30H27ClN2O6S. The molecule has 2 aromatic heterocycles. The average molecular weight is 579 g/mol. The summed E-state index contributed by atoms with van der Waals surface area (Å²) in [6.45, 7) is 5.63. The maximum Gasteiger partial charge on any atom is 0.338 e. The lowest BCUT2D eigenvalue weighted by atomic mass is 9.95. The fourth-order valence-electron chi connectivity index (χ4n) is 4.69. The largest absolute Gasteiger partial charge is 0.493 e. The summed E-state index contributed by atoms with van der Waals surface area (Å²) >= 11 is 7.41. The number of allylic oxidation sites excluding steroid dienone is 1. The Balaban J connectivity index is 1.66. The highest BCUT2D eigenvalue weighted by Gasteiger charge is 2.34. The number of aromatic nitrogens is 1. The van der Waals surface area contributed by atoms with Gasteiger partial charge in [-0.2, -0.15) is 0 Å². The van der Waals surface area contributed by atoms with Crippen LogP contribution in [0.4, 0.5) is 0 Å². The summed E-state index contributed by atoms with van der Waals surface area (Å²) in [5.41, 5.74) is 2.99. The number of aryl methyl sites for hydroxylation is 1. The van der Waals surface area contributed by atoms with E-state index in [0.29, 0.717) is 48.6 Å². The Morgan fingerprint density at radius 2 is 1.88 bits per heavy atom. The second kappa shape index (κ2) is 11.2. The number of benzene rings is 2. The number of ether oxygens (including phenoxy) is 3. The highest BCUT2D eigenvalue weighted by molar-refractivity contribution is 7.07. The molecule has 4 aromatic rings. The molecule has 40 heavy (non-hydrogen) atoms. The Bertz CT molecular complexity index is 1830. The molecule has 8 nitrogen and oxygen atoms in total. The minimum atomic E-state index is -0.779. The molecule has 1 aliphatic rings. The Morgan fingerprint density at radius 3 is 2.60 bits per heavy atom. The molecule has 0 spiro atoms. The van der Waals surface area contributed by atoms with Gasteiger partial charge in [0.2, 0.25) is 0 Å². The lowest BCUT2D eigenvalue weighted by molar-refractivity contribution is -0.139. The Labute approximate surface area is 239 Å². The standard InChI is InChI=1S/C30H27ClN2O6S/c1-6-38-29(35)26-17(3)32-30-33(27(26)18-8-11-23(36-4)24(13-18)37-5)28(34)25(40-30)15-20-10-12-22(39-20)21-14-19(31)9-7-16(21)2/h7-15,27H,6H2,1-5H3/b25-15-/t27-/m0/s1. The number of methoxy groups -OCH3 is 2. The van der Waals surface area contributed by atoms with E-state index in [-0.39, 0.29) is 17.7 Å². The molecular weight excluding hydrogens is 552 g/mol. The Hall–Kier alpha value is -4.08. The summed E-state index contributed by atoms with van der Waals surface area (Å²) in [6.07, 6.45) is 1.68. The zero-order chi connectivity index (χ0) is 28.6. The number of hydrogen-bond donors (Lipinski definition) is 0. The zero-order valence-corrected chi connectivity index (χ0v) is 24.2. The first-order valence-corrected chi connectivity index (χ1v) is 13.7. The highest BCUT2D eigenvalue weighted by Crippen LogP contribution is 2.36. The summed E-state index contributed by atoms with van der Waals surface area (Å²) in [5, 5.41) is 0.606. The fourth-order valence-corrected chi connectivity index (χ4v) is 5.89. The molecule has 0 aliphatic carbocycles. The molecule has 3 heterocycles. The van der Waals surface area contributed by atoms with Gasteiger partial charge in [0.05, 0.1) is 42.7 Å².